The van der Waals surface area contributed by atoms with Crippen LogP contribution in [-0.4, -0.2) is 12.6 Å². The third kappa shape index (κ3) is 5.35. The third-order valence-electron chi connectivity index (χ3n) is 0.940. The molecular formula is C8H13O2. The molecule has 0 aromatic rings. The van der Waals surface area contributed by atoms with Crippen LogP contribution in [0.4, 0.5) is 0 Å². The molecule has 2 heteroatoms. The Morgan fingerprint density at radius 1 is 1.60 bits per heavy atom. The molecule has 0 N–H and O–H groups in total. The Labute approximate surface area is 61.9 Å². The zero-order valence-electron chi connectivity index (χ0n) is 6.52. The Kier molecular flexibility index (Phi) is 4.63. The van der Waals surface area contributed by atoms with Gasteiger partial charge in [-0.05, 0) is 20.8 Å². The van der Waals surface area contributed by atoms with Crippen molar-refractivity contribution in [2.75, 3.05) is 6.61 Å². The highest BCUT2D eigenvalue weighted by molar-refractivity contribution is 5.71. The summed E-state index contributed by atoms with van der Waals surface area (Å²) in [5.41, 5.74) is 1.13. The monoisotopic (exact) mass is 141 g/mol. The van der Waals surface area contributed by atoms with Gasteiger partial charge in [-0.1, -0.05) is 11.6 Å². The zero-order valence-corrected chi connectivity index (χ0v) is 6.52. The first-order valence-corrected chi connectivity index (χ1v) is 3.25. The van der Waals surface area contributed by atoms with E-state index in [1.54, 1.807) is 0 Å². The van der Waals surface area contributed by atoms with Crippen molar-refractivity contribution in [3.8, 4) is 0 Å². The molecule has 0 heterocycles. The van der Waals surface area contributed by atoms with Crippen LogP contribution in [0.2, 0.25) is 0 Å². The van der Waals surface area contributed by atoms with Gasteiger partial charge in [0.1, 0.15) is 0 Å². The van der Waals surface area contributed by atoms with Gasteiger partial charge in [0.2, 0.25) is 0 Å². The summed E-state index contributed by atoms with van der Waals surface area (Å²) in [4.78, 5) is 10.6. The first kappa shape index (κ1) is 9.21. The lowest BCUT2D eigenvalue weighted by atomic mass is 10.3. The lowest BCUT2D eigenvalue weighted by molar-refractivity contribution is -0.141. The number of hydrogen-bond donors (Lipinski definition) is 0. The van der Waals surface area contributed by atoms with Crippen molar-refractivity contribution < 1.29 is 9.53 Å². The normalized spacial score (nSPS) is 8.70. The van der Waals surface area contributed by atoms with Gasteiger partial charge in [0.05, 0.1) is 13.0 Å². The van der Waals surface area contributed by atoms with Crippen molar-refractivity contribution in [2.24, 2.45) is 0 Å². The van der Waals surface area contributed by atoms with Crippen LogP contribution >= 0.6 is 0 Å². The largest absolute Gasteiger partial charge is 0.465 e. The van der Waals surface area contributed by atoms with E-state index in [-0.39, 0.29) is 12.6 Å². The van der Waals surface area contributed by atoms with E-state index in [9.17, 15) is 4.79 Å². The van der Waals surface area contributed by atoms with E-state index in [4.69, 9.17) is 0 Å². The van der Waals surface area contributed by atoms with Crippen molar-refractivity contribution in [3.63, 3.8) is 0 Å². The molecule has 0 spiro atoms. The van der Waals surface area contributed by atoms with Gasteiger partial charge in [0.15, 0.2) is 0 Å². The molecule has 0 aliphatic heterocycles. The van der Waals surface area contributed by atoms with E-state index in [1.165, 1.54) is 0 Å². The molecule has 0 rings (SSSR count). The second-order valence-electron chi connectivity index (χ2n) is 2.21. The van der Waals surface area contributed by atoms with E-state index in [2.05, 4.69) is 11.7 Å². The summed E-state index contributed by atoms with van der Waals surface area (Å²) in [6.07, 6.45) is 2.19. The highest BCUT2D eigenvalue weighted by Gasteiger charge is 1.95. The van der Waals surface area contributed by atoms with Gasteiger partial charge in [-0.3, -0.25) is 4.79 Å². The second kappa shape index (κ2) is 5.03. The van der Waals surface area contributed by atoms with Crippen molar-refractivity contribution in [1.82, 2.24) is 0 Å². The smallest absolute Gasteiger partial charge is 0.309 e. The molecule has 0 fully saturated rings. The second-order valence-corrected chi connectivity index (χ2v) is 2.21. The molecule has 0 aliphatic carbocycles. The highest BCUT2D eigenvalue weighted by Crippen LogP contribution is 1.94. The molecular weight excluding hydrogens is 128 g/mol. The van der Waals surface area contributed by atoms with Gasteiger partial charge in [-0.25, -0.2) is 0 Å². The summed E-state index contributed by atoms with van der Waals surface area (Å²) in [5, 5.41) is 0. The van der Waals surface area contributed by atoms with Gasteiger partial charge in [-0.2, -0.15) is 0 Å². The number of carbonyl (C=O) groups excluding carboxylic acids is 1. The van der Waals surface area contributed by atoms with Crippen molar-refractivity contribution >= 4 is 5.97 Å². The Bertz CT molecular complexity index is 132. The maximum absolute atomic E-state index is 10.6. The molecule has 0 bridgehead atoms. The van der Waals surface area contributed by atoms with E-state index in [0.717, 1.165) is 5.57 Å². The van der Waals surface area contributed by atoms with Crippen LogP contribution in [0.25, 0.3) is 0 Å². The molecule has 0 saturated carbocycles. The quantitative estimate of drug-likeness (QED) is 0.442. The van der Waals surface area contributed by atoms with Crippen LogP contribution < -0.4 is 0 Å². The summed E-state index contributed by atoms with van der Waals surface area (Å²) >= 11 is 0. The minimum absolute atomic E-state index is 0.212. The van der Waals surface area contributed by atoms with Gasteiger partial charge >= 0.3 is 5.97 Å². The number of esters is 1. The summed E-state index contributed by atoms with van der Waals surface area (Å²) in [5.74, 6) is -0.212. The van der Waals surface area contributed by atoms with Gasteiger partial charge in [0, 0.05) is 0 Å². The molecule has 57 valence electrons. The molecule has 0 saturated heterocycles. The van der Waals surface area contributed by atoms with Crippen LogP contribution in [-0.2, 0) is 9.53 Å². The number of carbonyl (C=O) groups is 1. The Morgan fingerprint density at radius 3 is 2.60 bits per heavy atom. The lowest BCUT2D eigenvalue weighted by Crippen LogP contribution is -2.01. The molecule has 10 heavy (non-hydrogen) atoms. The van der Waals surface area contributed by atoms with Gasteiger partial charge in [-0.15, -0.1) is 0 Å². The fraction of sp³-hybridized carbons (Fsp3) is 0.500. The molecule has 0 aromatic heterocycles. The zero-order chi connectivity index (χ0) is 7.98. The summed E-state index contributed by atoms with van der Waals surface area (Å²) in [7, 11) is 0. The number of rotatable bonds is 3. The van der Waals surface area contributed by atoms with Crippen LogP contribution in [0, 0.1) is 6.92 Å². The molecule has 0 aliphatic rings. The summed E-state index contributed by atoms with van der Waals surface area (Å²) in [6.45, 7) is 7.49. The topological polar surface area (TPSA) is 26.3 Å². The Morgan fingerprint density at radius 2 is 2.20 bits per heavy atom. The Balaban J connectivity index is 3.49. The third-order valence-corrected chi connectivity index (χ3v) is 0.940. The maximum Gasteiger partial charge on any atom is 0.309 e. The SMILES string of the molecule is [CH2]COC(=O)CC=C(C)C. The predicted octanol–water partition coefficient (Wildman–Crippen LogP) is 1.72. The molecule has 1 radical (unpaired) electrons. The first-order chi connectivity index (χ1) is 4.66. The molecule has 0 aromatic carbocycles. The van der Waals surface area contributed by atoms with Crippen LogP contribution in [0.3, 0.4) is 0 Å². The minimum Gasteiger partial charge on any atom is -0.465 e. The van der Waals surface area contributed by atoms with Gasteiger partial charge < -0.3 is 4.74 Å². The number of ether oxygens (including phenoxy) is 1. The first-order valence-electron chi connectivity index (χ1n) is 3.25. The van der Waals surface area contributed by atoms with Crippen LogP contribution in [0.15, 0.2) is 11.6 Å². The molecule has 0 atom stereocenters. The summed E-state index contributed by atoms with van der Waals surface area (Å²) < 4.78 is 4.60. The molecule has 0 unspecified atom stereocenters. The number of hydrogen-bond acceptors (Lipinski definition) is 2. The average molecular weight is 141 g/mol. The highest BCUT2D eigenvalue weighted by atomic mass is 16.5. The summed E-state index contributed by atoms with van der Waals surface area (Å²) in [6, 6.07) is 0. The van der Waals surface area contributed by atoms with Crippen LogP contribution in [0.5, 0.6) is 0 Å². The standard InChI is InChI=1S/C8H13O2/c1-4-10-8(9)6-5-7(2)3/h5H,1,4,6H2,2-3H3. The fourth-order valence-electron chi connectivity index (χ4n) is 0.460. The van der Waals surface area contributed by atoms with Crippen LogP contribution in [0.1, 0.15) is 20.3 Å². The van der Waals surface area contributed by atoms with Gasteiger partial charge in [0.25, 0.3) is 0 Å². The lowest BCUT2D eigenvalue weighted by Gasteiger charge is -1.96. The van der Waals surface area contributed by atoms with Crippen molar-refractivity contribution in [3.05, 3.63) is 18.6 Å². The molecule has 2 nitrogen and oxygen atoms in total. The Hall–Kier alpha value is -0.790. The van der Waals surface area contributed by atoms with Crippen molar-refractivity contribution in [1.29, 1.82) is 0 Å². The van der Waals surface area contributed by atoms with E-state index < -0.39 is 0 Å². The fourth-order valence-corrected chi connectivity index (χ4v) is 0.460. The van der Waals surface area contributed by atoms with E-state index in [1.807, 2.05) is 19.9 Å². The maximum atomic E-state index is 10.6. The van der Waals surface area contributed by atoms with E-state index in [0.29, 0.717) is 6.42 Å². The predicted molar refractivity (Wildman–Crippen MR) is 40.4 cm³/mol. The molecule has 0 amide bonds. The van der Waals surface area contributed by atoms with E-state index >= 15 is 0 Å². The number of allylic oxidation sites excluding steroid dienone is 1. The average Bonchev–Trinajstić information content (AvgIpc) is 1.85. The minimum atomic E-state index is -0.212. The van der Waals surface area contributed by atoms with Crippen molar-refractivity contribution in [2.45, 2.75) is 20.3 Å².